The van der Waals surface area contributed by atoms with E-state index in [9.17, 15) is 13.2 Å². The van der Waals surface area contributed by atoms with Gasteiger partial charge >= 0.3 is 0 Å². The van der Waals surface area contributed by atoms with Crippen molar-refractivity contribution in [3.63, 3.8) is 0 Å². The molecule has 1 aromatic carbocycles. The molecule has 96 valence electrons. The highest BCUT2D eigenvalue weighted by atomic mass is 35.5. The largest absolute Gasteiger partial charge is 0.292 e. The molecule has 0 heterocycles. The molecule has 0 amide bonds. The molecule has 0 saturated heterocycles. The maximum absolute atomic E-state index is 13.5. The van der Waals surface area contributed by atoms with Gasteiger partial charge in [0.05, 0.1) is 6.54 Å². The van der Waals surface area contributed by atoms with Crippen LogP contribution in [0.25, 0.3) is 0 Å². The summed E-state index contributed by atoms with van der Waals surface area (Å²) in [6.07, 6.45) is -2.48. The molecule has 0 N–H and O–H groups in total. The Kier molecular flexibility index (Phi) is 6.09. The lowest BCUT2D eigenvalue weighted by Gasteiger charge is -2.21. The Labute approximate surface area is 108 Å². The fourth-order valence-corrected chi connectivity index (χ4v) is 1.92. The third-order valence-corrected chi connectivity index (χ3v) is 2.76. The zero-order valence-corrected chi connectivity index (χ0v) is 10.5. The minimum Gasteiger partial charge on any atom is -0.292 e. The van der Waals surface area contributed by atoms with Gasteiger partial charge in [-0.2, -0.15) is 0 Å². The van der Waals surface area contributed by atoms with Crippen LogP contribution in [-0.2, 0) is 6.54 Å². The summed E-state index contributed by atoms with van der Waals surface area (Å²) in [7, 11) is 0. The molecule has 0 aliphatic heterocycles. The second-order valence-corrected chi connectivity index (χ2v) is 4.30. The van der Waals surface area contributed by atoms with Crippen LogP contribution in [0.2, 0.25) is 5.02 Å². The minimum atomic E-state index is -2.48. The molecule has 1 nitrogen and oxygen atoms in total. The van der Waals surface area contributed by atoms with E-state index >= 15 is 0 Å². The maximum atomic E-state index is 13.5. The standard InChI is InChI=1S/C11H12Cl2F3N/c12-4-5-17(7-11(15)16)6-8-9(13)2-1-3-10(8)14/h1-3,11H,4-7H2. The Balaban J connectivity index is 2.78. The van der Waals surface area contributed by atoms with Gasteiger partial charge in [-0.05, 0) is 12.1 Å². The monoisotopic (exact) mass is 285 g/mol. The third-order valence-electron chi connectivity index (χ3n) is 2.24. The van der Waals surface area contributed by atoms with Crippen molar-refractivity contribution in [1.29, 1.82) is 0 Å². The Morgan fingerprint density at radius 1 is 1.29 bits per heavy atom. The number of nitrogens with zero attached hydrogens (tertiary/aromatic N) is 1. The summed E-state index contributed by atoms with van der Waals surface area (Å²) >= 11 is 11.3. The highest BCUT2D eigenvalue weighted by Gasteiger charge is 2.15. The van der Waals surface area contributed by atoms with Crippen LogP contribution < -0.4 is 0 Å². The molecule has 0 aromatic heterocycles. The topological polar surface area (TPSA) is 3.24 Å². The lowest BCUT2D eigenvalue weighted by molar-refractivity contribution is 0.0873. The Hall–Kier alpha value is -0.450. The maximum Gasteiger partial charge on any atom is 0.251 e. The van der Waals surface area contributed by atoms with Crippen molar-refractivity contribution >= 4 is 23.2 Å². The predicted molar refractivity (Wildman–Crippen MR) is 63.4 cm³/mol. The number of rotatable bonds is 6. The van der Waals surface area contributed by atoms with E-state index in [0.29, 0.717) is 0 Å². The van der Waals surface area contributed by atoms with E-state index in [-0.39, 0.29) is 29.6 Å². The molecular formula is C11H12Cl2F3N. The Bertz CT molecular complexity index is 340. The van der Waals surface area contributed by atoms with Crippen LogP contribution >= 0.6 is 23.2 Å². The van der Waals surface area contributed by atoms with Crippen LogP contribution in [0.4, 0.5) is 13.2 Å². The van der Waals surface area contributed by atoms with Crippen molar-refractivity contribution in [2.45, 2.75) is 13.0 Å². The quantitative estimate of drug-likeness (QED) is 0.719. The third kappa shape index (κ3) is 4.74. The van der Waals surface area contributed by atoms with E-state index in [0.717, 1.165) is 0 Å². The smallest absolute Gasteiger partial charge is 0.251 e. The zero-order valence-electron chi connectivity index (χ0n) is 8.97. The summed E-state index contributed by atoms with van der Waals surface area (Å²) < 4.78 is 38.1. The molecule has 0 atom stereocenters. The van der Waals surface area contributed by atoms with Crippen LogP contribution in [-0.4, -0.2) is 30.3 Å². The minimum absolute atomic E-state index is 0.0303. The SMILES string of the molecule is Fc1cccc(Cl)c1CN(CCCl)CC(F)F. The summed E-state index contributed by atoms with van der Waals surface area (Å²) in [5.41, 5.74) is 0.222. The van der Waals surface area contributed by atoms with Crippen molar-refractivity contribution in [2.75, 3.05) is 19.0 Å². The van der Waals surface area contributed by atoms with Crippen molar-refractivity contribution in [3.8, 4) is 0 Å². The number of hydrogen-bond acceptors (Lipinski definition) is 1. The van der Waals surface area contributed by atoms with Gasteiger partial charge in [-0.3, -0.25) is 4.90 Å². The van der Waals surface area contributed by atoms with Crippen molar-refractivity contribution in [2.24, 2.45) is 0 Å². The molecule has 0 spiro atoms. The van der Waals surface area contributed by atoms with Gasteiger partial charge in [-0.1, -0.05) is 17.7 Å². The second-order valence-electron chi connectivity index (χ2n) is 3.52. The molecule has 0 saturated carbocycles. The van der Waals surface area contributed by atoms with Gasteiger partial charge < -0.3 is 0 Å². The summed E-state index contributed by atoms with van der Waals surface area (Å²) in [6, 6.07) is 4.25. The molecule has 17 heavy (non-hydrogen) atoms. The number of halogens is 5. The molecular weight excluding hydrogens is 274 g/mol. The number of alkyl halides is 3. The average Bonchev–Trinajstić information content (AvgIpc) is 2.23. The average molecular weight is 286 g/mol. The Morgan fingerprint density at radius 3 is 2.53 bits per heavy atom. The van der Waals surface area contributed by atoms with Gasteiger partial charge in [0.1, 0.15) is 5.82 Å². The van der Waals surface area contributed by atoms with Crippen molar-refractivity contribution < 1.29 is 13.2 Å². The van der Waals surface area contributed by atoms with Gasteiger partial charge in [0.25, 0.3) is 6.43 Å². The van der Waals surface area contributed by atoms with E-state index in [1.54, 1.807) is 0 Å². The molecule has 0 unspecified atom stereocenters. The molecule has 0 fully saturated rings. The fraction of sp³-hybridized carbons (Fsp3) is 0.455. The van der Waals surface area contributed by atoms with Crippen LogP contribution in [0.3, 0.4) is 0 Å². The van der Waals surface area contributed by atoms with Gasteiger partial charge in [0.2, 0.25) is 0 Å². The fourth-order valence-electron chi connectivity index (χ4n) is 1.46. The van der Waals surface area contributed by atoms with E-state index in [4.69, 9.17) is 23.2 Å². The normalized spacial score (nSPS) is 11.5. The molecule has 0 aliphatic carbocycles. The van der Waals surface area contributed by atoms with Gasteiger partial charge in [-0.15, -0.1) is 11.6 Å². The second kappa shape index (κ2) is 7.09. The summed E-state index contributed by atoms with van der Waals surface area (Å²) in [5, 5.41) is 0.235. The van der Waals surface area contributed by atoms with Gasteiger partial charge in [0, 0.05) is 29.6 Å². The first-order chi connectivity index (χ1) is 8.04. The van der Waals surface area contributed by atoms with Crippen molar-refractivity contribution in [1.82, 2.24) is 4.90 Å². The number of benzene rings is 1. The first-order valence-corrected chi connectivity index (χ1v) is 5.95. The molecule has 1 aromatic rings. The predicted octanol–water partition coefficient (Wildman–Crippen LogP) is 3.79. The highest BCUT2D eigenvalue weighted by molar-refractivity contribution is 6.31. The van der Waals surface area contributed by atoms with Gasteiger partial charge in [0.15, 0.2) is 0 Å². The Morgan fingerprint density at radius 2 is 2.00 bits per heavy atom. The van der Waals surface area contributed by atoms with Crippen LogP contribution in [0.5, 0.6) is 0 Å². The number of hydrogen-bond donors (Lipinski definition) is 0. The summed E-state index contributed by atoms with van der Waals surface area (Å²) in [4.78, 5) is 1.38. The molecule has 0 aliphatic rings. The molecule has 0 radical (unpaired) electrons. The van der Waals surface area contributed by atoms with Gasteiger partial charge in [-0.25, -0.2) is 13.2 Å². The zero-order chi connectivity index (χ0) is 12.8. The lowest BCUT2D eigenvalue weighted by Crippen LogP contribution is -2.30. The highest BCUT2D eigenvalue weighted by Crippen LogP contribution is 2.21. The molecule has 1 rings (SSSR count). The van der Waals surface area contributed by atoms with E-state index in [1.807, 2.05) is 0 Å². The molecule has 6 heteroatoms. The first-order valence-electron chi connectivity index (χ1n) is 5.04. The van der Waals surface area contributed by atoms with Crippen LogP contribution in [0.1, 0.15) is 5.56 Å². The van der Waals surface area contributed by atoms with E-state index in [1.165, 1.54) is 23.1 Å². The van der Waals surface area contributed by atoms with E-state index < -0.39 is 18.8 Å². The first kappa shape index (κ1) is 14.6. The van der Waals surface area contributed by atoms with Crippen LogP contribution in [0.15, 0.2) is 18.2 Å². The summed E-state index contributed by atoms with van der Waals surface area (Å²) in [6.45, 7) is -0.156. The lowest BCUT2D eigenvalue weighted by atomic mass is 10.2. The summed E-state index contributed by atoms with van der Waals surface area (Å²) in [5.74, 6) is -0.287. The van der Waals surface area contributed by atoms with Crippen molar-refractivity contribution in [3.05, 3.63) is 34.6 Å². The molecule has 0 bridgehead atoms. The van der Waals surface area contributed by atoms with Crippen LogP contribution in [0, 0.1) is 5.82 Å². The van der Waals surface area contributed by atoms with E-state index in [2.05, 4.69) is 0 Å².